The first kappa shape index (κ1) is 7.75. The molecule has 0 aromatic carbocycles. The Morgan fingerprint density at radius 2 is 2.44 bits per heavy atom. The minimum absolute atomic E-state index is 0.278. The Bertz CT molecular complexity index is 103. The van der Waals surface area contributed by atoms with Crippen molar-refractivity contribution in [1.82, 2.24) is 0 Å². The zero-order valence-electron chi connectivity index (χ0n) is 5.43. The third kappa shape index (κ3) is 2.05. The predicted octanol–water partition coefficient (Wildman–Crippen LogP) is 1.66. The third-order valence-electron chi connectivity index (χ3n) is 1.80. The number of hydrogen-bond acceptors (Lipinski definition) is 2. The minimum atomic E-state index is -0.462. The molecule has 0 spiro atoms. The molecule has 0 aliphatic heterocycles. The molecule has 0 aromatic heterocycles. The van der Waals surface area contributed by atoms with Crippen LogP contribution in [-0.4, -0.2) is 16.8 Å². The van der Waals surface area contributed by atoms with Crippen LogP contribution in [-0.2, 0) is 3.07 Å². The molecule has 1 saturated carbocycles. The van der Waals surface area contributed by atoms with Gasteiger partial charge in [-0.1, -0.05) is 0 Å². The molecule has 0 saturated heterocycles. The van der Waals surface area contributed by atoms with E-state index in [0.717, 1.165) is 19.3 Å². The fraction of sp³-hybridized carbons (Fsp3) is 1.00. The molecule has 2 atom stereocenters. The van der Waals surface area contributed by atoms with Gasteiger partial charge in [0.15, 0.2) is 0 Å². The maximum absolute atomic E-state index is 9.41. The van der Waals surface area contributed by atoms with Crippen molar-refractivity contribution in [2.75, 3.05) is 0 Å². The lowest BCUT2D eigenvalue weighted by Crippen LogP contribution is -2.19. The summed E-state index contributed by atoms with van der Waals surface area (Å²) in [5.41, 5.74) is -0.462. The molecule has 3 heteroatoms. The van der Waals surface area contributed by atoms with Gasteiger partial charge in [-0.15, -0.1) is 0 Å². The second-order valence-electron chi connectivity index (χ2n) is 2.95. The van der Waals surface area contributed by atoms with Crippen molar-refractivity contribution in [2.24, 2.45) is 0 Å². The van der Waals surface area contributed by atoms with Crippen LogP contribution in [0.25, 0.3) is 0 Å². The highest BCUT2D eigenvalue weighted by Gasteiger charge is 2.33. The van der Waals surface area contributed by atoms with Crippen LogP contribution in [0.5, 0.6) is 0 Å². The predicted molar refractivity (Wildman–Crippen MR) is 43.4 cm³/mol. The normalized spacial score (nSPS) is 43.7. The molecule has 0 bridgehead atoms. The monoisotopic (exact) mass is 242 g/mol. The van der Waals surface area contributed by atoms with Crippen molar-refractivity contribution in [2.45, 2.75) is 37.9 Å². The summed E-state index contributed by atoms with van der Waals surface area (Å²) in [5, 5.41) is 9.41. The summed E-state index contributed by atoms with van der Waals surface area (Å²) in [6, 6.07) is 0. The molecule has 1 aliphatic rings. The summed E-state index contributed by atoms with van der Waals surface area (Å²) >= 11 is 1.90. The maximum Gasteiger partial charge on any atom is 0.110 e. The van der Waals surface area contributed by atoms with Gasteiger partial charge in [-0.3, -0.25) is 0 Å². The van der Waals surface area contributed by atoms with Crippen molar-refractivity contribution in [3.63, 3.8) is 0 Å². The summed E-state index contributed by atoms with van der Waals surface area (Å²) < 4.78 is 5.06. The Labute approximate surface area is 69.3 Å². The minimum Gasteiger partial charge on any atom is -0.390 e. The van der Waals surface area contributed by atoms with Gasteiger partial charge in [-0.2, -0.15) is 0 Å². The van der Waals surface area contributed by atoms with Crippen LogP contribution in [0.3, 0.4) is 0 Å². The van der Waals surface area contributed by atoms with E-state index in [1.165, 1.54) is 0 Å². The Kier molecular flexibility index (Phi) is 2.34. The Hall–Kier alpha value is 0.650. The van der Waals surface area contributed by atoms with Gasteiger partial charge in [-0.25, -0.2) is 0 Å². The van der Waals surface area contributed by atoms with E-state index in [1.807, 2.05) is 29.9 Å². The molecule has 0 amide bonds. The molecule has 1 fully saturated rings. The van der Waals surface area contributed by atoms with Crippen LogP contribution in [0.1, 0.15) is 26.2 Å². The van der Waals surface area contributed by atoms with E-state index < -0.39 is 5.60 Å². The summed E-state index contributed by atoms with van der Waals surface area (Å²) in [5.74, 6) is 0. The first-order valence-corrected chi connectivity index (χ1v) is 4.02. The van der Waals surface area contributed by atoms with Crippen molar-refractivity contribution in [3.8, 4) is 0 Å². The summed E-state index contributed by atoms with van der Waals surface area (Å²) in [4.78, 5) is 0. The largest absolute Gasteiger partial charge is 0.390 e. The highest BCUT2D eigenvalue weighted by atomic mass is 127. The lowest BCUT2D eigenvalue weighted by atomic mass is 10.1. The van der Waals surface area contributed by atoms with Gasteiger partial charge in [-0.05, 0) is 19.8 Å². The summed E-state index contributed by atoms with van der Waals surface area (Å²) in [6.45, 7) is 1.86. The van der Waals surface area contributed by atoms with Crippen molar-refractivity contribution in [3.05, 3.63) is 0 Å². The van der Waals surface area contributed by atoms with Gasteiger partial charge in [0.2, 0.25) is 0 Å². The SMILES string of the molecule is CC1(O)CCC(OI)C1. The number of rotatable bonds is 1. The van der Waals surface area contributed by atoms with E-state index in [4.69, 9.17) is 3.07 Å². The van der Waals surface area contributed by atoms with Crippen molar-refractivity contribution >= 4 is 23.0 Å². The first-order valence-electron chi connectivity index (χ1n) is 3.14. The van der Waals surface area contributed by atoms with Gasteiger partial charge < -0.3 is 8.17 Å². The highest BCUT2D eigenvalue weighted by Crippen LogP contribution is 2.31. The second-order valence-corrected chi connectivity index (χ2v) is 3.46. The summed E-state index contributed by atoms with van der Waals surface area (Å²) in [6.07, 6.45) is 2.94. The van der Waals surface area contributed by atoms with Crippen molar-refractivity contribution in [1.29, 1.82) is 0 Å². The maximum atomic E-state index is 9.41. The van der Waals surface area contributed by atoms with Crippen LogP contribution < -0.4 is 0 Å². The Morgan fingerprint density at radius 3 is 2.67 bits per heavy atom. The number of hydrogen-bond donors (Lipinski definition) is 1. The van der Waals surface area contributed by atoms with Crippen LogP contribution in [0.2, 0.25) is 0 Å². The highest BCUT2D eigenvalue weighted by molar-refractivity contribution is 14.1. The van der Waals surface area contributed by atoms with Gasteiger partial charge >= 0.3 is 0 Å². The van der Waals surface area contributed by atoms with Gasteiger partial charge in [0.05, 0.1) is 11.7 Å². The third-order valence-corrected chi connectivity index (χ3v) is 2.52. The second kappa shape index (κ2) is 2.72. The molecule has 1 aliphatic carbocycles. The topological polar surface area (TPSA) is 29.5 Å². The smallest absolute Gasteiger partial charge is 0.110 e. The van der Waals surface area contributed by atoms with E-state index in [-0.39, 0.29) is 6.10 Å². The molecule has 0 heterocycles. The van der Waals surface area contributed by atoms with E-state index in [0.29, 0.717) is 0 Å². The molecule has 9 heavy (non-hydrogen) atoms. The zero-order valence-corrected chi connectivity index (χ0v) is 7.59. The molecule has 1 N–H and O–H groups in total. The summed E-state index contributed by atoms with van der Waals surface area (Å²) in [7, 11) is 0. The van der Waals surface area contributed by atoms with Gasteiger partial charge in [0, 0.05) is 6.42 Å². The molecule has 1 rings (SSSR count). The van der Waals surface area contributed by atoms with Crippen LogP contribution >= 0.6 is 23.0 Å². The quantitative estimate of drug-likeness (QED) is 0.708. The molecular weight excluding hydrogens is 231 g/mol. The first-order chi connectivity index (χ1) is 4.14. The molecule has 2 nitrogen and oxygen atoms in total. The fourth-order valence-electron chi connectivity index (χ4n) is 1.24. The van der Waals surface area contributed by atoms with E-state index in [2.05, 4.69) is 0 Å². The lowest BCUT2D eigenvalue weighted by Gasteiger charge is -2.14. The van der Waals surface area contributed by atoms with E-state index >= 15 is 0 Å². The Balaban J connectivity index is 2.38. The van der Waals surface area contributed by atoms with Crippen LogP contribution in [0, 0.1) is 0 Å². The van der Waals surface area contributed by atoms with E-state index in [1.54, 1.807) is 0 Å². The van der Waals surface area contributed by atoms with Gasteiger partial charge in [0.25, 0.3) is 0 Å². The van der Waals surface area contributed by atoms with Crippen molar-refractivity contribution < 1.29 is 8.17 Å². The number of halogens is 1. The van der Waals surface area contributed by atoms with Crippen LogP contribution in [0.15, 0.2) is 0 Å². The molecule has 0 radical (unpaired) electrons. The molecule has 54 valence electrons. The standard InChI is InChI=1S/C6H11IO2/c1-6(8)3-2-5(4-6)9-7/h5,8H,2-4H2,1H3. The molecule has 2 unspecified atom stereocenters. The fourth-order valence-corrected chi connectivity index (χ4v) is 1.68. The van der Waals surface area contributed by atoms with E-state index in [9.17, 15) is 5.11 Å². The molecule has 0 aromatic rings. The average molecular weight is 242 g/mol. The average Bonchev–Trinajstić information content (AvgIpc) is 2.10. The number of aliphatic hydroxyl groups is 1. The van der Waals surface area contributed by atoms with Crippen LogP contribution in [0.4, 0.5) is 0 Å². The van der Waals surface area contributed by atoms with Gasteiger partial charge in [0.1, 0.15) is 23.0 Å². The Morgan fingerprint density at radius 1 is 1.78 bits per heavy atom. The lowest BCUT2D eigenvalue weighted by molar-refractivity contribution is 0.0589. The zero-order chi connectivity index (χ0) is 6.91. The molecular formula is C6H11IO2.